The molecule has 0 radical (unpaired) electrons. The lowest BCUT2D eigenvalue weighted by Crippen LogP contribution is -2.50. The van der Waals surface area contributed by atoms with Crippen molar-refractivity contribution in [2.75, 3.05) is 6.54 Å². The molecule has 1 aliphatic carbocycles. The molecule has 1 saturated heterocycles. The Bertz CT molecular complexity index is 299. The predicted octanol–water partition coefficient (Wildman–Crippen LogP) is 3.64. The fourth-order valence-corrected chi connectivity index (χ4v) is 4.15. The first-order valence-corrected chi connectivity index (χ1v) is 7.68. The van der Waals surface area contributed by atoms with E-state index in [1.807, 2.05) is 0 Å². The second-order valence-corrected chi connectivity index (χ2v) is 7.27. The van der Waals surface area contributed by atoms with E-state index < -0.39 is 0 Å². The highest BCUT2D eigenvalue weighted by Gasteiger charge is 2.44. The van der Waals surface area contributed by atoms with Gasteiger partial charge in [-0.15, -0.1) is 0 Å². The second-order valence-electron chi connectivity index (χ2n) is 7.27. The van der Waals surface area contributed by atoms with Crippen LogP contribution >= 0.6 is 0 Å². The number of carbonyl (C=O) groups is 1. The van der Waals surface area contributed by atoms with E-state index in [1.54, 1.807) is 6.92 Å². The van der Waals surface area contributed by atoms with Gasteiger partial charge in [0.2, 0.25) is 0 Å². The molecule has 2 aliphatic rings. The van der Waals surface area contributed by atoms with Crippen molar-refractivity contribution in [2.24, 2.45) is 11.8 Å². The molecule has 0 bridgehead atoms. The molecule has 0 aromatic carbocycles. The van der Waals surface area contributed by atoms with Crippen LogP contribution in [0.25, 0.3) is 0 Å². The maximum Gasteiger partial charge on any atom is 0.147 e. The highest BCUT2D eigenvalue weighted by atomic mass is 16.1. The Morgan fingerprint density at radius 3 is 2.17 bits per heavy atom. The molecular formula is C16H29NO. The first-order valence-electron chi connectivity index (χ1n) is 7.68. The molecule has 2 fully saturated rings. The third kappa shape index (κ3) is 2.79. The van der Waals surface area contributed by atoms with Crippen LogP contribution in [0.15, 0.2) is 0 Å². The van der Waals surface area contributed by atoms with E-state index in [0.717, 1.165) is 12.5 Å². The van der Waals surface area contributed by atoms with Crippen molar-refractivity contribution in [3.63, 3.8) is 0 Å². The molecule has 2 atom stereocenters. The maximum atomic E-state index is 12.1. The molecule has 1 saturated carbocycles. The summed E-state index contributed by atoms with van der Waals surface area (Å²) in [6, 6.07) is 0.188. The van der Waals surface area contributed by atoms with Gasteiger partial charge in [0.15, 0.2) is 0 Å². The minimum Gasteiger partial charge on any atom is -0.298 e. The van der Waals surface area contributed by atoms with Gasteiger partial charge in [-0.3, -0.25) is 9.69 Å². The zero-order chi connectivity index (χ0) is 13.3. The lowest BCUT2D eigenvalue weighted by molar-refractivity contribution is -0.124. The SMILES string of the molecule is CC(=O)C1C(C2CCCCC2)CCN1C(C)(C)C. The van der Waals surface area contributed by atoms with Crippen LogP contribution in [0.2, 0.25) is 0 Å². The number of hydrogen-bond acceptors (Lipinski definition) is 2. The summed E-state index contributed by atoms with van der Waals surface area (Å²) in [4.78, 5) is 14.6. The average Bonchev–Trinajstić information content (AvgIpc) is 2.74. The van der Waals surface area contributed by atoms with Gasteiger partial charge < -0.3 is 0 Å². The molecule has 1 heterocycles. The zero-order valence-electron chi connectivity index (χ0n) is 12.5. The molecule has 2 unspecified atom stereocenters. The van der Waals surface area contributed by atoms with Gasteiger partial charge >= 0.3 is 0 Å². The predicted molar refractivity (Wildman–Crippen MR) is 75.6 cm³/mol. The van der Waals surface area contributed by atoms with Gasteiger partial charge in [-0.25, -0.2) is 0 Å². The monoisotopic (exact) mass is 251 g/mol. The van der Waals surface area contributed by atoms with E-state index in [2.05, 4.69) is 25.7 Å². The minimum absolute atomic E-state index is 0.125. The second kappa shape index (κ2) is 5.32. The number of ketones is 1. The Balaban J connectivity index is 2.13. The molecule has 0 amide bonds. The van der Waals surface area contributed by atoms with Gasteiger partial charge in [-0.1, -0.05) is 32.1 Å². The lowest BCUT2D eigenvalue weighted by Gasteiger charge is -2.39. The van der Waals surface area contributed by atoms with Crippen LogP contribution in [0.5, 0.6) is 0 Å². The van der Waals surface area contributed by atoms with Crippen molar-refractivity contribution < 1.29 is 4.79 Å². The van der Waals surface area contributed by atoms with Crippen molar-refractivity contribution in [1.82, 2.24) is 4.90 Å². The summed E-state index contributed by atoms with van der Waals surface area (Å²) < 4.78 is 0. The van der Waals surface area contributed by atoms with Crippen LogP contribution in [-0.4, -0.2) is 28.8 Å². The van der Waals surface area contributed by atoms with Gasteiger partial charge in [0, 0.05) is 5.54 Å². The van der Waals surface area contributed by atoms with E-state index in [4.69, 9.17) is 0 Å². The third-order valence-corrected chi connectivity index (χ3v) is 4.98. The van der Waals surface area contributed by atoms with Crippen molar-refractivity contribution in [1.29, 1.82) is 0 Å². The van der Waals surface area contributed by atoms with Gasteiger partial charge in [-0.05, 0) is 52.5 Å². The maximum absolute atomic E-state index is 12.1. The number of hydrogen-bond donors (Lipinski definition) is 0. The topological polar surface area (TPSA) is 20.3 Å². The van der Waals surface area contributed by atoms with Crippen molar-refractivity contribution in [3.8, 4) is 0 Å². The van der Waals surface area contributed by atoms with Gasteiger partial charge in [0.25, 0.3) is 0 Å². The molecule has 104 valence electrons. The average molecular weight is 251 g/mol. The summed E-state index contributed by atoms with van der Waals surface area (Å²) >= 11 is 0. The van der Waals surface area contributed by atoms with Gasteiger partial charge in [0.1, 0.15) is 5.78 Å². The Hall–Kier alpha value is -0.370. The summed E-state index contributed by atoms with van der Waals surface area (Å²) in [5, 5.41) is 0. The number of Topliss-reactive ketones (excluding diaryl/α,β-unsaturated/α-hetero) is 1. The molecule has 0 N–H and O–H groups in total. The van der Waals surface area contributed by atoms with E-state index >= 15 is 0 Å². The summed E-state index contributed by atoms with van der Waals surface area (Å²) in [7, 11) is 0. The zero-order valence-corrected chi connectivity index (χ0v) is 12.5. The Labute approximate surface area is 112 Å². The van der Waals surface area contributed by atoms with Crippen LogP contribution in [0.1, 0.15) is 66.2 Å². The standard InChI is InChI=1S/C16H29NO/c1-12(18)15-14(13-8-6-5-7-9-13)10-11-17(15)16(2,3)4/h13-15H,5-11H2,1-4H3. The molecule has 18 heavy (non-hydrogen) atoms. The normalized spacial score (nSPS) is 31.8. The summed E-state index contributed by atoms with van der Waals surface area (Å²) in [6.07, 6.45) is 8.09. The van der Waals surface area contributed by atoms with Crippen LogP contribution < -0.4 is 0 Å². The first-order chi connectivity index (χ1) is 8.41. The Morgan fingerprint density at radius 2 is 1.67 bits per heavy atom. The highest BCUT2D eigenvalue weighted by Crippen LogP contribution is 2.41. The fraction of sp³-hybridized carbons (Fsp3) is 0.938. The van der Waals surface area contributed by atoms with Crippen LogP contribution in [0.3, 0.4) is 0 Å². The van der Waals surface area contributed by atoms with E-state index in [9.17, 15) is 4.79 Å². The molecule has 2 rings (SSSR count). The van der Waals surface area contributed by atoms with E-state index in [0.29, 0.717) is 11.7 Å². The number of nitrogens with zero attached hydrogens (tertiary/aromatic N) is 1. The largest absolute Gasteiger partial charge is 0.298 e. The van der Waals surface area contributed by atoms with Crippen LogP contribution in [0, 0.1) is 11.8 Å². The van der Waals surface area contributed by atoms with Gasteiger partial charge in [-0.2, -0.15) is 0 Å². The quantitative estimate of drug-likeness (QED) is 0.746. The number of carbonyl (C=O) groups excluding carboxylic acids is 1. The van der Waals surface area contributed by atoms with Crippen molar-refractivity contribution in [2.45, 2.75) is 77.8 Å². The molecule has 0 spiro atoms. The highest BCUT2D eigenvalue weighted by molar-refractivity contribution is 5.82. The van der Waals surface area contributed by atoms with E-state index in [-0.39, 0.29) is 11.6 Å². The van der Waals surface area contributed by atoms with Crippen molar-refractivity contribution >= 4 is 5.78 Å². The molecule has 1 aliphatic heterocycles. The first kappa shape index (κ1) is 14.0. The molecule has 0 aromatic heterocycles. The summed E-state index contributed by atoms with van der Waals surface area (Å²) in [5.74, 6) is 1.82. The molecule has 2 heteroatoms. The lowest BCUT2D eigenvalue weighted by atomic mass is 9.75. The summed E-state index contributed by atoms with van der Waals surface area (Å²) in [5.41, 5.74) is 0.125. The van der Waals surface area contributed by atoms with Crippen molar-refractivity contribution in [3.05, 3.63) is 0 Å². The Morgan fingerprint density at radius 1 is 1.06 bits per heavy atom. The van der Waals surface area contributed by atoms with Crippen LogP contribution in [-0.2, 0) is 4.79 Å². The van der Waals surface area contributed by atoms with Gasteiger partial charge in [0.05, 0.1) is 6.04 Å². The Kier molecular flexibility index (Phi) is 4.15. The molecule has 0 aromatic rings. The third-order valence-electron chi connectivity index (χ3n) is 4.98. The number of likely N-dealkylation sites (tertiary alicyclic amines) is 1. The molecule has 2 nitrogen and oxygen atoms in total. The van der Waals surface area contributed by atoms with Crippen LogP contribution in [0.4, 0.5) is 0 Å². The smallest absolute Gasteiger partial charge is 0.147 e. The molecular weight excluding hydrogens is 222 g/mol. The number of rotatable bonds is 2. The fourth-order valence-electron chi connectivity index (χ4n) is 4.15. The summed E-state index contributed by atoms with van der Waals surface area (Å²) in [6.45, 7) is 9.63. The van der Waals surface area contributed by atoms with E-state index in [1.165, 1.54) is 38.5 Å². The minimum atomic E-state index is 0.125.